The molecule has 1 N–H and O–H groups in total. The van der Waals surface area contributed by atoms with Crippen molar-refractivity contribution in [3.8, 4) is 0 Å². The summed E-state index contributed by atoms with van der Waals surface area (Å²) < 4.78 is 14.0. The Labute approximate surface area is 124 Å². The fourth-order valence-electron chi connectivity index (χ4n) is 2.64. The van der Waals surface area contributed by atoms with E-state index in [4.69, 9.17) is 5.11 Å². The first-order valence-electron chi connectivity index (χ1n) is 6.76. The van der Waals surface area contributed by atoms with Crippen molar-refractivity contribution in [2.24, 2.45) is 5.92 Å². The molecule has 0 bridgehead atoms. The molecule has 1 aromatic carbocycles. The van der Waals surface area contributed by atoms with Gasteiger partial charge >= 0.3 is 5.97 Å². The summed E-state index contributed by atoms with van der Waals surface area (Å²) in [4.78, 5) is 25.6. The number of carbonyl (C=O) groups excluding carboxylic acids is 1. The van der Waals surface area contributed by atoms with E-state index in [1.165, 1.54) is 23.5 Å². The number of fused-ring (bicyclic) bond motifs is 1. The number of hydrogen-bond donors (Lipinski definition) is 1. The number of aliphatic carboxylic acids is 1. The molecule has 1 aromatic heterocycles. The smallest absolute Gasteiger partial charge is 0.308 e. The summed E-state index contributed by atoms with van der Waals surface area (Å²) in [5.74, 6) is -1.84. The van der Waals surface area contributed by atoms with Crippen LogP contribution in [0, 0.1) is 11.7 Å². The number of rotatable bonds is 2. The summed E-state index contributed by atoms with van der Waals surface area (Å²) in [6, 6.07) is 6.10. The summed E-state index contributed by atoms with van der Waals surface area (Å²) in [7, 11) is 0. The van der Waals surface area contributed by atoms with E-state index in [0.717, 1.165) is 4.70 Å². The van der Waals surface area contributed by atoms with Gasteiger partial charge in [0.25, 0.3) is 5.91 Å². The number of piperidine rings is 1. The maximum atomic E-state index is 13.2. The number of carboxylic acids is 1. The summed E-state index contributed by atoms with van der Waals surface area (Å²) in [5, 5.41) is 9.78. The van der Waals surface area contributed by atoms with Crippen LogP contribution in [0.15, 0.2) is 24.3 Å². The molecule has 0 radical (unpaired) electrons. The first-order valence-corrected chi connectivity index (χ1v) is 7.57. The van der Waals surface area contributed by atoms with Crippen molar-refractivity contribution in [2.45, 2.75) is 12.8 Å². The molecule has 1 aliphatic heterocycles. The molecule has 1 amide bonds. The van der Waals surface area contributed by atoms with Crippen molar-refractivity contribution < 1.29 is 19.1 Å². The third-order valence-electron chi connectivity index (χ3n) is 3.75. The van der Waals surface area contributed by atoms with Gasteiger partial charge in [-0.25, -0.2) is 4.39 Å². The Morgan fingerprint density at radius 3 is 2.90 bits per heavy atom. The molecule has 110 valence electrons. The molecule has 1 aliphatic rings. The molecule has 6 heteroatoms. The highest BCUT2D eigenvalue weighted by molar-refractivity contribution is 7.20. The van der Waals surface area contributed by atoms with E-state index in [1.54, 1.807) is 17.0 Å². The van der Waals surface area contributed by atoms with Crippen LogP contribution in [-0.4, -0.2) is 35.0 Å². The lowest BCUT2D eigenvalue weighted by Crippen LogP contribution is -2.42. The van der Waals surface area contributed by atoms with Crippen molar-refractivity contribution in [3.63, 3.8) is 0 Å². The summed E-state index contributed by atoms with van der Waals surface area (Å²) >= 11 is 1.31. The number of carbonyl (C=O) groups is 2. The summed E-state index contributed by atoms with van der Waals surface area (Å²) in [6.45, 7) is 0.821. The zero-order chi connectivity index (χ0) is 15.0. The maximum Gasteiger partial charge on any atom is 0.308 e. The molecule has 2 heterocycles. The number of likely N-dealkylation sites (tertiary alicyclic amines) is 1. The number of hydrogen-bond acceptors (Lipinski definition) is 3. The fraction of sp³-hybridized carbons (Fsp3) is 0.333. The lowest BCUT2D eigenvalue weighted by Gasteiger charge is -2.30. The first kappa shape index (κ1) is 14.0. The minimum absolute atomic E-state index is 0.164. The zero-order valence-electron chi connectivity index (χ0n) is 11.2. The summed E-state index contributed by atoms with van der Waals surface area (Å²) in [5.41, 5.74) is 0. The van der Waals surface area contributed by atoms with Gasteiger partial charge in [-0.05, 0) is 42.5 Å². The Hall–Kier alpha value is -1.95. The Bertz CT molecular complexity index is 712. The molecule has 1 fully saturated rings. The quantitative estimate of drug-likeness (QED) is 0.928. The Balaban J connectivity index is 1.84. The van der Waals surface area contributed by atoms with Gasteiger partial charge in [0.2, 0.25) is 0 Å². The second kappa shape index (κ2) is 5.44. The van der Waals surface area contributed by atoms with Crippen LogP contribution < -0.4 is 0 Å². The van der Waals surface area contributed by atoms with Crippen molar-refractivity contribution >= 4 is 33.3 Å². The van der Waals surface area contributed by atoms with E-state index >= 15 is 0 Å². The minimum Gasteiger partial charge on any atom is -0.481 e. The van der Waals surface area contributed by atoms with Gasteiger partial charge in [-0.3, -0.25) is 9.59 Å². The number of nitrogens with zero attached hydrogens (tertiary/aromatic N) is 1. The summed E-state index contributed by atoms with van der Waals surface area (Å²) in [6.07, 6.45) is 1.30. The van der Waals surface area contributed by atoms with Crippen LogP contribution in [0.1, 0.15) is 22.5 Å². The van der Waals surface area contributed by atoms with Crippen LogP contribution in [0.4, 0.5) is 4.39 Å². The molecule has 2 aromatic rings. The topological polar surface area (TPSA) is 57.6 Å². The highest BCUT2D eigenvalue weighted by atomic mass is 32.1. The number of carboxylic acid groups (broad SMARTS) is 1. The van der Waals surface area contributed by atoms with Gasteiger partial charge in [-0.15, -0.1) is 11.3 Å². The van der Waals surface area contributed by atoms with Crippen LogP contribution in [0.3, 0.4) is 0 Å². The third-order valence-corrected chi connectivity index (χ3v) is 4.85. The number of amides is 1. The SMILES string of the molecule is O=C(O)[C@H]1CCCN(C(=O)c2cc3cc(F)ccc3s2)C1. The van der Waals surface area contributed by atoms with Crippen LogP contribution >= 0.6 is 11.3 Å². The van der Waals surface area contributed by atoms with Gasteiger partial charge in [0.15, 0.2) is 0 Å². The molecule has 1 atom stereocenters. The lowest BCUT2D eigenvalue weighted by atomic mass is 9.98. The van der Waals surface area contributed by atoms with Gasteiger partial charge in [0.1, 0.15) is 5.82 Å². The number of benzene rings is 1. The van der Waals surface area contributed by atoms with E-state index in [2.05, 4.69) is 0 Å². The molecule has 0 unspecified atom stereocenters. The molecule has 21 heavy (non-hydrogen) atoms. The highest BCUT2D eigenvalue weighted by Crippen LogP contribution is 2.28. The molecule has 0 spiro atoms. The second-order valence-corrected chi connectivity index (χ2v) is 6.31. The van der Waals surface area contributed by atoms with Crippen molar-refractivity contribution in [2.75, 3.05) is 13.1 Å². The van der Waals surface area contributed by atoms with Crippen LogP contribution in [0.25, 0.3) is 10.1 Å². The normalized spacial score (nSPS) is 18.9. The molecule has 0 saturated carbocycles. The Morgan fingerprint density at radius 1 is 1.33 bits per heavy atom. The number of thiophene rings is 1. The molecule has 4 nitrogen and oxygen atoms in total. The van der Waals surface area contributed by atoms with Gasteiger partial charge in [0, 0.05) is 17.8 Å². The molecule has 3 rings (SSSR count). The van der Waals surface area contributed by atoms with E-state index in [9.17, 15) is 14.0 Å². The van der Waals surface area contributed by atoms with Crippen molar-refractivity contribution in [1.29, 1.82) is 0 Å². The van der Waals surface area contributed by atoms with E-state index < -0.39 is 11.9 Å². The zero-order valence-corrected chi connectivity index (χ0v) is 12.0. The monoisotopic (exact) mass is 307 g/mol. The van der Waals surface area contributed by atoms with Crippen LogP contribution in [0.2, 0.25) is 0 Å². The highest BCUT2D eigenvalue weighted by Gasteiger charge is 2.29. The number of halogens is 1. The molecule has 0 aliphatic carbocycles. The first-order chi connectivity index (χ1) is 10.0. The predicted molar refractivity (Wildman–Crippen MR) is 78.0 cm³/mol. The molecule has 1 saturated heterocycles. The average Bonchev–Trinajstić information content (AvgIpc) is 2.89. The third kappa shape index (κ3) is 2.76. The molecular weight excluding hydrogens is 293 g/mol. The van der Waals surface area contributed by atoms with Gasteiger partial charge in [0.05, 0.1) is 10.8 Å². The predicted octanol–water partition coefficient (Wildman–Crippen LogP) is 2.98. The Kier molecular flexibility index (Phi) is 3.63. The largest absolute Gasteiger partial charge is 0.481 e. The van der Waals surface area contributed by atoms with E-state index in [0.29, 0.717) is 29.6 Å². The lowest BCUT2D eigenvalue weighted by molar-refractivity contribution is -0.143. The fourth-order valence-corrected chi connectivity index (χ4v) is 3.65. The average molecular weight is 307 g/mol. The standard InChI is InChI=1S/C15H14FNO3S/c16-11-3-4-12-10(6-11)7-13(21-12)14(18)17-5-1-2-9(8-17)15(19)20/h3-4,6-7,9H,1-2,5,8H2,(H,19,20)/t9-/m0/s1. The van der Waals surface area contributed by atoms with Crippen molar-refractivity contribution in [3.05, 3.63) is 35.0 Å². The van der Waals surface area contributed by atoms with E-state index in [1.807, 2.05) is 0 Å². The minimum atomic E-state index is -0.856. The van der Waals surface area contributed by atoms with Crippen LogP contribution in [-0.2, 0) is 4.79 Å². The maximum absolute atomic E-state index is 13.2. The van der Waals surface area contributed by atoms with Gasteiger partial charge in [-0.2, -0.15) is 0 Å². The van der Waals surface area contributed by atoms with E-state index in [-0.39, 0.29) is 18.3 Å². The second-order valence-electron chi connectivity index (χ2n) is 5.22. The van der Waals surface area contributed by atoms with Gasteiger partial charge < -0.3 is 10.0 Å². The van der Waals surface area contributed by atoms with Gasteiger partial charge in [-0.1, -0.05) is 0 Å². The van der Waals surface area contributed by atoms with Crippen LogP contribution in [0.5, 0.6) is 0 Å². The Morgan fingerprint density at radius 2 is 2.14 bits per heavy atom. The molecular formula is C15H14FNO3S. The van der Waals surface area contributed by atoms with Crippen molar-refractivity contribution in [1.82, 2.24) is 4.90 Å².